The van der Waals surface area contributed by atoms with Crippen molar-refractivity contribution in [2.45, 2.75) is 6.42 Å². The number of imide groups is 3. The Morgan fingerprint density at radius 2 is 1.59 bits per heavy atom. The molecule has 0 unspecified atom stereocenters. The lowest BCUT2D eigenvalue weighted by Crippen LogP contribution is -2.35. The molecular weight excluding hydrogens is 298 g/mol. The number of carbonyl (C=O) groups excluding carboxylic acids is 3. The van der Waals surface area contributed by atoms with Gasteiger partial charge in [0.2, 0.25) is 5.91 Å². The molecule has 1 aliphatic rings. The number of non-ortho nitro benzene ring substituents is 2. The molecule has 22 heavy (non-hydrogen) atoms. The van der Waals surface area contributed by atoms with Crippen LogP contribution in [0, 0.1) is 20.2 Å². The van der Waals surface area contributed by atoms with E-state index in [1.54, 1.807) is 0 Å². The molecule has 1 heterocycles. The molecule has 112 valence electrons. The molecular formula is C12H7N3O7. The van der Waals surface area contributed by atoms with Crippen molar-refractivity contribution in [1.29, 1.82) is 0 Å². The first kappa shape index (κ1) is 15.0. The van der Waals surface area contributed by atoms with Crippen molar-refractivity contribution >= 4 is 29.1 Å². The van der Waals surface area contributed by atoms with Crippen LogP contribution in [-0.4, -0.2) is 32.5 Å². The van der Waals surface area contributed by atoms with E-state index in [9.17, 15) is 34.6 Å². The van der Waals surface area contributed by atoms with Crippen LogP contribution in [0.25, 0.3) is 0 Å². The second-order valence-electron chi connectivity index (χ2n) is 4.37. The normalized spacial score (nSPS) is 14.4. The van der Waals surface area contributed by atoms with E-state index in [1.807, 2.05) is 0 Å². The standard InChI is InChI=1S/C12H7N3O7/c1-6-2-10(16)13(11(6)17)12(18)7-3-8(14(19)20)5-9(4-7)15(21)22/h3-5H,1-2H2. The highest BCUT2D eigenvalue weighted by Crippen LogP contribution is 2.26. The number of nitro groups is 2. The number of carbonyl (C=O) groups is 3. The third kappa shape index (κ3) is 2.44. The van der Waals surface area contributed by atoms with Gasteiger partial charge in [0.25, 0.3) is 23.2 Å². The monoisotopic (exact) mass is 305 g/mol. The third-order valence-electron chi connectivity index (χ3n) is 2.89. The summed E-state index contributed by atoms with van der Waals surface area (Å²) in [4.78, 5) is 55.4. The molecule has 10 nitrogen and oxygen atoms in total. The van der Waals surface area contributed by atoms with Crippen LogP contribution < -0.4 is 0 Å². The molecule has 0 N–H and O–H groups in total. The van der Waals surface area contributed by atoms with Crippen LogP contribution in [0.15, 0.2) is 30.4 Å². The van der Waals surface area contributed by atoms with Gasteiger partial charge in [0.05, 0.1) is 27.9 Å². The van der Waals surface area contributed by atoms with Gasteiger partial charge in [0.15, 0.2) is 0 Å². The minimum atomic E-state index is -1.17. The summed E-state index contributed by atoms with van der Waals surface area (Å²) in [5.74, 6) is -2.93. The fourth-order valence-corrected chi connectivity index (χ4v) is 1.87. The maximum absolute atomic E-state index is 12.2. The van der Waals surface area contributed by atoms with Crippen LogP contribution >= 0.6 is 0 Å². The van der Waals surface area contributed by atoms with Gasteiger partial charge in [-0.1, -0.05) is 6.58 Å². The number of nitro benzene ring substituents is 2. The third-order valence-corrected chi connectivity index (χ3v) is 2.89. The van der Waals surface area contributed by atoms with Crippen LogP contribution in [0.4, 0.5) is 11.4 Å². The number of rotatable bonds is 3. The van der Waals surface area contributed by atoms with E-state index >= 15 is 0 Å². The van der Waals surface area contributed by atoms with E-state index in [4.69, 9.17) is 0 Å². The summed E-state index contributed by atoms with van der Waals surface area (Å²) in [5, 5.41) is 21.5. The molecule has 1 saturated heterocycles. The summed E-state index contributed by atoms with van der Waals surface area (Å²) in [5.41, 5.74) is -2.00. The van der Waals surface area contributed by atoms with E-state index < -0.39 is 44.5 Å². The lowest BCUT2D eigenvalue weighted by atomic mass is 10.1. The maximum Gasteiger partial charge on any atom is 0.277 e. The van der Waals surface area contributed by atoms with Crippen molar-refractivity contribution in [3.05, 3.63) is 56.1 Å². The number of hydrogen-bond acceptors (Lipinski definition) is 7. The van der Waals surface area contributed by atoms with Crippen molar-refractivity contribution in [1.82, 2.24) is 4.90 Å². The summed E-state index contributed by atoms with van der Waals surface area (Å²) in [6.45, 7) is 3.32. The molecule has 10 heteroatoms. The lowest BCUT2D eigenvalue weighted by molar-refractivity contribution is -0.394. The Bertz CT molecular complexity index is 736. The Morgan fingerprint density at radius 1 is 1.09 bits per heavy atom. The Hall–Kier alpha value is -3.43. The highest BCUT2D eigenvalue weighted by molar-refractivity contribution is 6.25. The average Bonchev–Trinajstić information content (AvgIpc) is 2.70. The maximum atomic E-state index is 12.2. The highest BCUT2D eigenvalue weighted by Gasteiger charge is 2.38. The van der Waals surface area contributed by atoms with Crippen LogP contribution in [0.3, 0.4) is 0 Å². The number of hydrogen-bond donors (Lipinski definition) is 0. The van der Waals surface area contributed by atoms with Gasteiger partial charge < -0.3 is 0 Å². The fraction of sp³-hybridized carbons (Fsp3) is 0.0833. The number of amides is 3. The zero-order valence-electron chi connectivity index (χ0n) is 10.8. The first-order valence-electron chi connectivity index (χ1n) is 5.75. The van der Waals surface area contributed by atoms with Crippen molar-refractivity contribution in [2.75, 3.05) is 0 Å². The summed E-state index contributed by atoms with van der Waals surface area (Å²) >= 11 is 0. The molecule has 0 atom stereocenters. The van der Waals surface area contributed by atoms with Crippen LogP contribution in [-0.2, 0) is 9.59 Å². The summed E-state index contributed by atoms with van der Waals surface area (Å²) in [6, 6.07) is 2.19. The van der Waals surface area contributed by atoms with Gasteiger partial charge in [-0.05, 0) is 0 Å². The quantitative estimate of drug-likeness (QED) is 0.350. The second kappa shape index (κ2) is 5.16. The van der Waals surface area contributed by atoms with Gasteiger partial charge >= 0.3 is 0 Å². The number of nitrogens with zero attached hydrogens (tertiary/aromatic N) is 3. The van der Waals surface area contributed by atoms with E-state index in [2.05, 4.69) is 6.58 Å². The Kier molecular flexibility index (Phi) is 3.51. The zero-order valence-corrected chi connectivity index (χ0v) is 10.8. The van der Waals surface area contributed by atoms with Gasteiger partial charge in [0.1, 0.15) is 0 Å². The van der Waals surface area contributed by atoms with Gasteiger partial charge in [-0.15, -0.1) is 0 Å². The van der Waals surface area contributed by atoms with Gasteiger partial charge in [-0.2, -0.15) is 0 Å². The molecule has 0 radical (unpaired) electrons. The van der Waals surface area contributed by atoms with E-state index in [-0.39, 0.29) is 16.9 Å². The summed E-state index contributed by atoms with van der Waals surface area (Å²) < 4.78 is 0. The minimum Gasteiger partial charge on any atom is -0.274 e. The molecule has 1 aromatic carbocycles. The summed E-state index contributed by atoms with van der Waals surface area (Å²) in [7, 11) is 0. The topological polar surface area (TPSA) is 141 Å². The Morgan fingerprint density at radius 3 is 1.95 bits per heavy atom. The largest absolute Gasteiger partial charge is 0.277 e. The van der Waals surface area contributed by atoms with Crippen LogP contribution in [0.2, 0.25) is 0 Å². The van der Waals surface area contributed by atoms with Gasteiger partial charge in [-0.3, -0.25) is 34.6 Å². The average molecular weight is 305 g/mol. The Labute approximate surface area is 121 Å². The van der Waals surface area contributed by atoms with Gasteiger partial charge in [-0.25, -0.2) is 4.90 Å². The van der Waals surface area contributed by atoms with Crippen LogP contribution in [0.1, 0.15) is 16.8 Å². The Balaban J connectivity index is 2.52. The minimum absolute atomic E-state index is 0.0988. The van der Waals surface area contributed by atoms with E-state index in [1.165, 1.54) is 0 Å². The highest BCUT2D eigenvalue weighted by atomic mass is 16.6. The number of benzene rings is 1. The molecule has 0 bridgehead atoms. The molecule has 3 amide bonds. The van der Waals surface area contributed by atoms with E-state index in [0.29, 0.717) is 6.07 Å². The molecule has 0 spiro atoms. The second-order valence-corrected chi connectivity index (χ2v) is 4.37. The zero-order chi connectivity index (χ0) is 16.6. The number of likely N-dealkylation sites (tertiary alicyclic amines) is 1. The molecule has 1 aliphatic heterocycles. The van der Waals surface area contributed by atoms with Crippen molar-refractivity contribution in [2.24, 2.45) is 0 Å². The fourth-order valence-electron chi connectivity index (χ4n) is 1.87. The van der Waals surface area contributed by atoms with Crippen LogP contribution in [0.5, 0.6) is 0 Å². The lowest BCUT2D eigenvalue weighted by Gasteiger charge is -2.11. The molecule has 0 aromatic heterocycles. The SMILES string of the molecule is C=C1CC(=O)N(C(=O)c2cc([N+](=O)[O-])cc([N+](=O)[O-])c2)C1=O. The van der Waals surface area contributed by atoms with Crippen molar-refractivity contribution in [3.63, 3.8) is 0 Å². The van der Waals surface area contributed by atoms with Gasteiger partial charge in [0, 0.05) is 17.7 Å². The molecule has 0 saturated carbocycles. The molecule has 0 aliphatic carbocycles. The first-order chi connectivity index (χ1) is 10.2. The smallest absolute Gasteiger partial charge is 0.274 e. The first-order valence-corrected chi connectivity index (χ1v) is 5.75. The molecule has 1 fully saturated rings. The predicted octanol–water partition coefficient (Wildman–Crippen LogP) is 0.958. The van der Waals surface area contributed by atoms with Crippen molar-refractivity contribution < 1.29 is 24.2 Å². The van der Waals surface area contributed by atoms with Crippen molar-refractivity contribution in [3.8, 4) is 0 Å². The van der Waals surface area contributed by atoms with E-state index in [0.717, 1.165) is 12.1 Å². The molecule has 1 aromatic rings. The molecule has 2 rings (SSSR count). The predicted molar refractivity (Wildman–Crippen MR) is 69.7 cm³/mol. The summed E-state index contributed by atoms with van der Waals surface area (Å²) in [6.07, 6.45) is -0.346.